The lowest BCUT2D eigenvalue weighted by Gasteiger charge is -2.09. The Morgan fingerprint density at radius 2 is 1.57 bits per heavy atom. The second kappa shape index (κ2) is 7.22. The lowest BCUT2D eigenvalue weighted by molar-refractivity contribution is -0.138. The van der Waals surface area contributed by atoms with Crippen LogP contribution in [0.3, 0.4) is 0 Å². The summed E-state index contributed by atoms with van der Waals surface area (Å²) in [6.07, 6.45) is 0.994. The molecular formula is C17H14O6. The number of carbonyl (C=O) groups excluding carboxylic acids is 2. The van der Waals surface area contributed by atoms with Crippen LogP contribution < -0.4 is 0 Å². The van der Waals surface area contributed by atoms with Crippen LogP contribution >= 0.6 is 0 Å². The van der Waals surface area contributed by atoms with Gasteiger partial charge in [0.15, 0.2) is 0 Å². The van der Waals surface area contributed by atoms with Crippen molar-refractivity contribution in [3.63, 3.8) is 0 Å². The largest absolute Gasteiger partial charge is 0.478 e. The van der Waals surface area contributed by atoms with Gasteiger partial charge in [0, 0.05) is 6.08 Å². The van der Waals surface area contributed by atoms with Crippen LogP contribution in [-0.2, 0) is 14.3 Å². The Balaban J connectivity index is 2.18. The van der Waals surface area contributed by atoms with E-state index in [0.29, 0.717) is 5.39 Å². The van der Waals surface area contributed by atoms with E-state index in [9.17, 15) is 19.5 Å². The number of carboxylic acids is 1. The van der Waals surface area contributed by atoms with Gasteiger partial charge in [0.05, 0.1) is 11.1 Å². The first kappa shape index (κ1) is 16.2. The maximum atomic E-state index is 12.1. The molecule has 6 nitrogen and oxygen atoms in total. The van der Waals surface area contributed by atoms with E-state index in [4.69, 9.17) is 4.74 Å². The molecule has 0 radical (unpaired) electrons. The molecule has 1 N–H and O–H groups in total. The van der Waals surface area contributed by atoms with Gasteiger partial charge in [-0.2, -0.15) is 0 Å². The van der Waals surface area contributed by atoms with E-state index < -0.39 is 17.9 Å². The maximum Gasteiger partial charge on any atom is 0.339 e. The van der Waals surface area contributed by atoms with Gasteiger partial charge in [-0.25, -0.2) is 14.4 Å². The molecule has 0 bridgehead atoms. The normalized spacial score (nSPS) is 10.1. The van der Waals surface area contributed by atoms with E-state index in [-0.39, 0.29) is 24.3 Å². The molecule has 23 heavy (non-hydrogen) atoms. The second-order valence-electron chi connectivity index (χ2n) is 4.56. The van der Waals surface area contributed by atoms with Crippen LogP contribution in [0.1, 0.15) is 20.7 Å². The van der Waals surface area contributed by atoms with Crippen molar-refractivity contribution in [2.45, 2.75) is 0 Å². The van der Waals surface area contributed by atoms with Gasteiger partial charge in [-0.05, 0) is 22.9 Å². The summed E-state index contributed by atoms with van der Waals surface area (Å²) in [5, 5.41) is 10.7. The molecule has 0 amide bonds. The molecule has 0 heterocycles. The quantitative estimate of drug-likeness (QED) is 0.500. The average Bonchev–Trinajstić information content (AvgIpc) is 2.56. The van der Waals surface area contributed by atoms with Crippen LogP contribution in [0, 0.1) is 0 Å². The fraction of sp³-hybridized carbons (Fsp3) is 0.118. The SMILES string of the molecule is C=CC(=O)OCCOC(=O)c1cc2ccccc2cc1C(=O)O. The Labute approximate surface area is 131 Å². The van der Waals surface area contributed by atoms with E-state index in [2.05, 4.69) is 11.3 Å². The molecule has 0 aliphatic heterocycles. The van der Waals surface area contributed by atoms with Crippen molar-refractivity contribution in [1.29, 1.82) is 0 Å². The number of aromatic carboxylic acids is 1. The molecule has 2 aromatic carbocycles. The van der Waals surface area contributed by atoms with Crippen molar-refractivity contribution in [2.24, 2.45) is 0 Å². The zero-order valence-electron chi connectivity index (χ0n) is 12.2. The molecule has 0 aliphatic carbocycles. The third-order valence-corrected chi connectivity index (χ3v) is 3.06. The smallest absolute Gasteiger partial charge is 0.339 e. The van der Waals surface area contributed by atoms with Gasteiger partial charge in [-0.15, -0.1) is 0 Å². The number of hydrogen-bond donors (Lipinski definition) is 1. The number of ether oxygens (including phenoxy) is 2. The molecule has 6 heteroatoms. The zero-order chi connectivity index (χ0) is 16.8. The summed E-state index contributed by atoms with van der Waals surface area (Å²) >= 11 is 0. The van der Waals surface area contributed by atoms with E-state index >= 15 is 0 Å². The predicted molar refractivity (Wildman–Crippen MR) is 82.3 cm³/mol. The Morgan fingerprint density at radius 1 is 1.00 bits per heavy atom. The van der Waals surface area contributed by atoms with Gasteiger partial charge >= 0.3 is 17.9 Å². The third-order valence-electron chi connectivity index (χ3n) is 3.06. The van der Waals surface area contributed by atoms with Gasteiger partial charge in [-0.1, -0.05) is 30.8 Å². The summed E-state index contributed by atoms with van der Waals surface area (Å²) in [6.45, 7) is 2.93. The highest BCUT2D eigenvalue weighted by atomic mass is 16.6. The molecule has 0 fully saturated rings. The summed E-state index contributed by atoms with van der Waals surface area (Å²) in [4.78, 5) is 34.3. The Bertz CT molecular complexity index is 778. The topological polar surface area (TPSA) is 89.9 Å². The number of fused-ring (bicyclic) bond motifs is 1. The molecule has 0 saturated heterocycles. The number of carbonyl (C=O) groups is 3. The molecule has 0 saturated carbocycles. The standard InChI is InChI=1S/C17H14O6/c1-2-15(18)22-7-8-23-17(21)14-10-12-6-4-3-5-11(12)9-13(14)16(19)20/h2-6,9-10H,1,7-8H2,(H,19,20). The van der Waals surface area contributed by atoms with Crippen molar-refractivity contribution < 1.29 is 29.0 Å². The maximum absolute atomic E-state index is 12.1. The summed E-state index contributed by atoms with van der Waals surface area (Å²) in [5.41, 5.74) is -0.192. The summed E-state index contributed by atoms with van der Waals surface area (Å²) in [6, 6.07) is 9.98. The zero-order valence-corrected chi connectivity index (χ0v) is 12.2. The second-order valence-corrected chi connectivity index (χ2v) is 4.56. The highest BCUT2D eigenvalue weighted by Crippen LogP contribution is 2.21. The van der Waals surface area contributed by atoms with Crippen molar-refractivity contribution in [3.05, 3.63) is 60.2 Å². The van der Waals surface area contributed by atoms with Crippen LogP contribution in [0.5, 0.6) is 0 Å². The minimum absolute atomic E-state index is 0.0498. The molecule has 0 spiro atoms. The van der Waals surface area contributed by atoms with Gasteiger partial charge < -0.3 is 14.6 Å². The summed E-state index contributed by atoms with van der Waals surface area (Å²) < 4.78 is 9.62. The van der Waals surface area contributed by atoms with E-state index in [0.717, 1.165) is 11.5 Å². The van der Waals surface area contributed by atoms with Crippen LogP contribution in [0.15, 0.2) is 49.1 Å². The summed E-state index contributed by atoms with van der Waals surface area (Å²) in [7, 11) is 0. The minimum atomic E-state index is -1.22. The molecule has 2 rings (SSSR count). The number of esters is 2. The van der Waals surface area contributed by atoms with Gasteiger partial charge in [0.25, 0.3) is 0 Å². The number of hydrogen-bond acceptors (Lipinski definition) is 5. The van der Waals surface area contributed by atoms with Gasteiger partial charge in [0.2, 0.25) is 0 Å². The van der Waals surface area contributed by atoms with Gasteiger partial charge in [-0.3, -0.25) is 0 Å². The first-order valence-corrected chi connectivity index (χ1v) is 6.75. The lowest BCUT2D eigenvalue weighted by Crippen LogP contribution is -2.15. The monoisotopic (exact) mass is 314 g/mol. The van der Waals surface area contributed by atoms with Crippen LogP contribution in [0.4, 0.5) is 0 Å². The number of carboxylic acid groups (broad SMARTS) is 1. The number of benzene rings is 2. The Morgan fingerprint density at radius 3 is 2.13 bits per heavy atom. The highest BCUT2D eigenvalue weighted by molar-refractivity contribution is 6.06. The fourth-order valence-corrected chi connectivity index (χ4v) is 2.00. The van der Waals surface area contributed by atoms with Crippen LogP contribution in [-0.4, -0.2) is 36.2 Å². The fourth-order valence-electron chi connectivity index (χ4n) is 2.00. The van der Waals surface area contributed by atoms with Gasteiger partial charge in [0.1, 0.15) is 13.2 Å². The highest BCUT2D eigenvalue weighted by Gasteiger charge is 2.19. The molecular weight excluding hydrogens is 300 g/mol. The van der Waals surface area contributed by atoms with Crippen LogP contribution in [0.25, 0.3) is 10.8 Å². The first-order chi connectivity index (χ1) is 11.0. The third kappa shape index (κ3) is 3.94. The number of rotatable bonds is 6. The Hall–Kier alpha value is -3.15. The molecule has 118 valence electrons. The van der Waals surface area contributed by atoms with Crippen LogP contribution in [0.2, 0.25) is 0 Å². The average molecular weight is 314 g/mol. The van der Waals surface area contributed by atoms with Crippen molar-refractivity contribution in [2.75, 3.05) is 13.2 Å². The van der Waals surface area contributed by atoms with Crippen molar-refractivity contribution in [1.82, 2.24) is 0 Å². The Kier molecular flexibility index (Phi) is 5.09. The van der Waals surface area contributed by atoms with E-state index in [1.54, 1.807) is 24.3 Å². The van der Waals surface area contributed by atoms with E-state index in [1.165, 1.54) is 12.1 Å². The summed E-state index contributed by atoms with van der Waals surface area (Å²) in [5.74, 6) is -2.64. The molecule has 0 atom stereocenters. The van der Waals surface area contributed by atoms with Crippen molar-refractivity contribution in [3.8, 4) is 0 Å². The van der Waals surface area contributed by atoms with E-state index in [1.807, 2.05) is 0 Å². The molecule has 0 aliphatic rings. The molecule has 0 unspecified atom stereocenters. The lowest BCUT2D eigenvalue weighted by atomic mass is 10.0. The predicted octanol–water partition coefficient (Wildman–Crippen LogP) is 2.42. The van der Waals surface area contributed by atoms with Crippen molar-refractivity contribution >= 4 is 28.7 Å². The molecule has 0 aromatic heterocycles. The molecule has 2 aromatic rings. The first-order valence-electron chi connectivity index (χ1n) is 6.75. The minimum Gasteiger partial charge on any atom is -0.478 e.